The quantitative estimate of drug-likeness (QED) is 0.711. The minimum absolute atomic E-state index is 0.202. The zero-order valence-corrected chi connectivity index (χ0v) is 18.5. The van der Waals surface area contributed by atoms with E-state index < -0.39 is 5.54 Å². The summed E-state index contributed by atoms with van der Waals surface area (Å²) in [6.45, 7) is 11.0. The highest BCUT2D eigenvalue weighted by Crippen LogP contribution is 2.40. The van der Waals surface area contributed by atoms with Gasteiger partial charge in [0, 0.05) is 6.42 Å². The number of hydrogen-bond donors (Lipinski definition) is 0. The van der Waals surface area contributed by atoms with E-state index in [-0.39, 0.29) is 24.2 Å². The third-order valence-corrected chi connectivity index (χ3v) is 7.05. The Morgan fingerprint density at radius 3 is 2.17 bits per heavy atom. The zero-order chi connectivity index (χ0) is 20.9. The predicted molar refractivity (Wildman–Crippen MR) is 116 cm³/mol. The van der Waals surface area contributed by atoms with Crippen LogP contribution in [0.25, 0.3) is 0 Å². The first-order valence-electron chi connectivity index (χ1n) is 11.0. The van der Waals surface area contributed by atoms with Gasteiger partial charge in [0.15, 0.2) is 0 Å². The summed E-state index contributed by atoms with van der Waals surface area (Å²) in [5.74, 6) is 1.17. The Balaban J connectivity index is 1.49. The van der Waals surface area contributed by atoms with Crippen LogP contribution in [0.15, 0.2) is 29.3 Å². The van der Waals surface area contributed by atoms with Crippen LogP contribution in [-0.2, 0) is 20.6 Å². The van der Waals surface area contributed by atoms with Crippen molar-refractivity contribution in [2.45, 2.75) is 96.4 Å². The smallest absolute Gasteiger partial charge is 0.399 e. The maximum absolute atomic E-state index is 13.2. The molecule has 2 aliphatic heterocycles. The number of benzene rings is 1. The fourth-order valence-corrected chi connectivity index (χ4v) is 4.53. The van der Waals surface area contributed by atoms with Crippen LogP contribution in [0.5, 0.6) is 0 Å². The molecule has 5 nitrogen and oxygen atoms in total. The molecule has 6 heteroatoms. The van der Waals surface area contributed by atoms with Crippen molar-refractivity contribution >= 4 is 24.3 Å². The Kier molecular flexibility index (Phi) is 5.15. The third-order valence-electron chi connectivity index (χ3n) is 7.05. The van der Waals surface area contributed by atoms with Crippen molar-refractivity contribution in [1.82, 2.24) is 4.90 Å². The van der Waals surface area contributed by atoms with Gasteiger partial charge in [0.2, 0.25) is 0 Å². The summed E-state index contributed by atoms with van der Waals surface area (Å²) in [5, 5.41) is 0. The monoisotopic (exact) mass is 396 g/mol. The number of amidine groups is 1. The number of carbonyl (C=O) groups excluding carboxylic acids is 1. The van der Waals surface area contributed by atoms with Gasteiger partial charge in [-0.15, -0.1) is 0 Å². The van der Waals surface area contributed by atoms with E-state index in [2.05, 4.69) is 58.9 Å². The molecule has 0 radical (unpaired) electrons. The van der Waals surface area contributed by atoms with E-state index in [0.29, 0.717) is 6.54 Å². The molecule has 1 amide bonds. The Bertz CT molecular complexity index is 794. The Hall–Kier alpha value is -1.66. The number of amides is 1. The second-order valence-corrected chi connectivity index (χ2v) is 9.74. The summed E-state index contributed by atoms with van der Waals surface area (Å²) in [7, 11) is -0.360. The molecule has 0 N–H and O–H groups in total. The fourth-order valence-electron chi connectivity index (χ4n) is 4.53. The Morgan fingerprint density at radius 1 is 1.03 bits per heavy atom. The highest BCUT2D eigenvalue weighted by molar-refractivity contribution is 6.62. The van der Waals surface area contributed by atoms with Gasteiger partial charge in [0.25, 0.3) is 5.91 Å². The van der Waals surface area contributed by atoms with E-state index >= 15 is 0 Å². The van der Waals surface area contributed by atoms with Gasteiger partial charge in [-0.05, 0) is 58.0 Å². The van der Waals surface area contributed by atoms with Crippen LogP contribution < -0.4 is 5.46 Å². The first-order chi connectivity index (χ1) is 13.7. The standard InChI is InChI=1S/C23H33BN2O3/c1-6-9-19-25-23(14-7-8-15-23)20(27)26(19)16-17-10-12-18(13-11-17)24-28-21(2,3)22(4,5)29-24/h10-13H,6-9,14-16H2,1-5H3. The van der Waals surface area contributed by atoms with Crippen molar-refractivity contribution in [3.8, 4) is 0 Å². The Labute approximate surface area is 175 Å². The van der Waals surface area contributed by atoms with E-state index in [4.69, 9.17) is 14.3 Å². The maximum atomic E-state index is 13.2. The first-order valence-corrected chi connectivity index (χ1v) is 11.0. The van der Waals surface area contributed by atoms with Crippen molar-refractivity contribution in [1.29, 1.82) is 0 Å². The molecule has 0 unspecified atom stereocenters. The molecular weight excluding hydrogens is 363 g/mol. The van der Waals surface area contributed by atoms with Gasteiger partial charge in [0.1, 0.15) is 11.4 Å². The zero-order valence-electron chi connectivity index (χ0n) is 18.5. The van der Waals surface area contributed by atoms with Crippen LogP contribution >= 0.6 is 0 Å². The molecule has 2 fully saturated rings. The van der Waals surface area contributed by atoms with Crippen LogP contribution in [0.2, 0.25) is 0 Å². The average Bonchev–Trinajstić information content (AvgIpc) is 3.29. The highest BCUT2D eigenvalue weighted by Gasteiger charge is 2.52. The summed E-state index contributed by atoms with van der Waals surface area (Å²) < 4.78 is 12.3. The van der Waals surface area contributed by atoms with Gasteiger partial charge >= 0.3 is 7.12 Å². The second-order valence-electron chi connectivity index (χ2n) is 9.74. The van der Waals surface area contributed by atoms with Gasteiger partial charge in [-0.3, -0.25) is 14.7 Å². The first kappa shape index (κ1) is 20.6. The lowest BCUT2D eigenvalue weighted by Gasteiger charge is -2.32. The van der Waals surface area contributed by atoms with Crippen molar-refractivity contribution in [3.05, 3.63) is 29.8 Å². The second kappa shape index (κ2) is 7.24. The van der Waals surface area contributed by atoms with Gasteiger partial charge in [-0.1, -0.05) is 44.0 Å². The van der Waals surface area contributed by atoms with E-state index in [1.54, 1.807) is 0 Å². The van der Waals surface area contributed by atoms with E-state index in [9.17, 15) is 4.79 Å². The molecule has 1 saturated carbocycles. The predicted octanol–water partition coefficient (Wildman–Crippen LogP) is 3.84. The number of aliphatic imine (C=N–C) groups is 1. The van der Waals surface area contributed by atoms with Gasteiger partial charge in [-0.2, -0.15) is 0 Å². The minimum atomic E-state index is -0.465. The number of carbonyl (C=O) groups is 1. The molecule has 0 aromatic heterocycles. The van der Waals surface area contributed by atoms with Crippen molar-refractivity contribution < 1.29 is 14.1 Å². The largest absolute Gasteiger partial charge is 0.494 e. The maximum Gasteiger partial charge on any atom is 0.494 e. The normalized spacial score (nSPS) is 24.6. The lowest BCUT2D eigenvalue weighted by molar-refractivity contribution is -0.131. The lowest BCUT2D eigenvalue weighted by Crippen LogP contribution is -2.41. The average molecular weight is 396 g/mol. The Morgan fingerprint density at radius 2 is 1.62 bits per heavy atom. The molecule has 1 aromatic carbocycles. The molecule has 3 aliphatic rings. The van der Waals surface area contributed by atoms with E-state index in [0.717, 1.165) is 55.4 Å². The van der Waals surface area contributed by atoms with Crippen LogP contribution in [-0.4, -0.2) is 40.5 Å². The third kappa shape index (κ3) is 3.55. The molecule has 0 bridgehead atoms. The van der Waals surface area contributed by atoms with Crippen LogP contribution in [0, 0.1) is 0 Å². The molecular formula is C23H33BN2O3. The summed E-state index contributed by atoms with van der Waals surface area (Å²) in [6, 6.07) is 8.27. The fraction of sp³-hybridized carbons (Fsp3) is 0.652. The van der Waals surface area contributed by atoms with Crippen LogP contribution in [0.4, 0.5) is 0 Å². The topological polar surface area (TPSA) is 51.1 Å². The van der Waals surface area contributed by atoms with E-state index in [1.165, 1.54) is 0 Å². The minimum Gasteiger partial charge on any atom is -0.399 e. The summed E-state index contributed by atoms with van der Waals surface area (Å²) in [5.41, 5.74) is 0.957. The van der Waals surface area contributed by atoms with E-state index in [1.807, 2.05) is 4.90 Å². The summed E-state index contributed by atoms with van der Waals surface area (Å²) in [4.78, 5) is 20.1. The molecule has 1 aromatic rings. The van der Waals surface area contributed by atoms with Crippen LogP contribution in [0.3, 0.4) is 0 Å². The molecule has 29 heavy (non-hydrogen) atoms. The molecule has 1 aliphatic carbocycles. The molecule has 1 saturated heterocycles. The number of rotatable bonds is 5. The molecule has 2 heterocycles. The molecule has 4 rings (SSSR count). The molecule has 156 valence electrons. The molecule has 0 atom stereocenters. The van der Waals surface area contributed by atoms with Crippen molar-refractivity contribution in [2.75, 3.05) is 0 Å². The lowest BCUT2D eigenvalue weighted by atomic mass is 9.79. The van der Waals surface area contributed by atoms with Crippen molar-refractivity contribution in [2.24, 2.45) is 4.99 Å². The summed E-state index contributed by atoms with van der Waals surface area (Å²) >= 11 is 0. The summed E-state index contributed by atoms with van der Waals surface area (Å²) in [6.07, 6.45) is 5.86. The number of hydrogen-bond acceptors (Lipinski definition) is 4. The van der Waals surface area contributed by atoms with Gasteiger partial charge in [0.05, 0.1) is 17.7 Å². The highest BCUT2D eigenvalue weighted by atomic mass is 16.7. The number of nitrogens with zero attached hydrogens (tertiary/aromatic N) is 2. The molecule has 1 spiro atoms. The van der Waals surface area contributed by atoms with Gasteiger partial charge < -0.3 is 9.31 Å². The SMILES string of the molecule is CCCC1=NC2(CCCC2)C(=O)N1Cc1ccc(B2OC(C)(C)C(C)(C)O2)cc1. The van der Waals surface area contributed by atoms with Crippen molar-refractivity contribution in [3.63, 3.8) is 0 Å². The van der Waals surface area contributed by atoms with Gasteiger partial charge in [-0.25, -0.2) is 0 Å². The van der Waals surface area contributed by atoms with Crippen LogP contribution in [0.1, 0.15) is 78.7 Å².